The highest BCUT2D eigenvalue weighted by molar-refractivity contribution is 6.30. The van der Waals surface area contributed by atoms with Gasteiger partial charge in [0.15, 0.2) is 0 Å². The van der Waals surface area contributed by atoms with Crippen molar-refractivity contribution in [3.8, 4) is 0 Å². The Labute approximate surface area is 179 Å². The molecular weight excluding hydrogens is 410 g/mol. The van der Waals surface area contributed by atoms with Crippen molar-refractivity contribution in [2.75, 3.05) is 42.8 Å². The summed E-state index contributed by atoms with van der Waals surface area (Å²) in [4.78, 5) is 41.1. The van der Waals surface area contributed by atoms with Crippen LogP contribution in [-0.2, 0) is 16.1 Å². The van der Waals surface area contributed by atoms with E-state index in [1.165, 1.54) is 11.7 Å². The summed E-state index contributed by atoms with van der Waals surface area (Å²) in [6.07, 6.45) is 0.0956. The van der Waals surface area contributed by atoms with E-state index in [2.05, 4.69) is 10.3 Å². The van der Waals surface area contributed by atoms with E-state index in [1.54, 1.807) is 29.2 Å². The third-order valence-electron chi connectivity index (χ3n) is 4.36. The van der Waals surface area contributed by atoms with Crippen LogP contribution in [0.4, 0.5) is 17.2 Å². The fraction of sp³-hybridized carbons (Fsp3) is 0.450. The average molecular weight is 438 g/mol. The highest BCUT2D eigenvalue weighted by atomic mass is 35.5. The summed E-state index contributed by atoms with van der Waals surface area (Å²) in [6.45, 7) is 5.11. The topological polar surface area (TPSA) is 122 Å². The molecule has 2 aromatic rings. The largest absolute Gasteiger partial charge is 0.383 e. The fourth-order valence-electron chi connectivity index (χ4n) is 2.99. The number of amides is 1. The second-order valence-corrected chi connectivity index (χ2v) is 7.72. The molecule has 0 atom stereocenters. The third-order valence-corrected chi connectivity index (χ3v) is 4.60. The molecule has 9 nitrogen and oxygen atoms in total. The van der Waals surface area contributed by atoms with E-state index in [9.17, 15) is 14.4 Å². The second kappa shape index (κ2) is 10.8. The molecule has 0 aliphatic carbocycles. The number of carbonyl (C=O) groups excluding carboxylic acids is 1. The van der Waals surface area contributed by atoms with Crippen molar-refractivity contribution >= 4 is 34.7 Å². The standard InChI is InChI=1S/C20H28ClN5O4/c1-13(2)12-26-18(22)17(19(28)24-20(26)29)25(9-10-30-3)8-7-16(27)23-15-6-4-5-14(21)11-15/h4-6,11,13H,7-10,12,22H2,1-3H3,(H,23,27)(H,24,28,29). The summed E-state index contributed by atoms with van der Waals surface area (Å²) in [7, 11) is 1.54. The molecule has 0 bridgehead atoms. The number of nitrogen functional groups attached to an aromatic ring is 1. The SMILES string of the molecule is COCCN(CCC(=O)Nc1cccc(Cl)c1)c1c(N)n(CC(C)C)c(=O)[nH]c1=O. The van der Waals surface area contributed by atoms with E-state index in [1.807, 2.05) is 13.8 Å². The number of nitrogens with one attached hydrogen (secondary N) is 2. The zero-order valence-corrected chi connectivity index (χ0v) is 18.2. The van der Waals surface area contributed by atoms with Crippen LogP contribution >= 0.6 is 11.6 Å². The number of methoxy groups -OCH3 is 1. The molecule has 1 amide bonds. The smallest absolute Gasteiger partial charge is 0.330 e. The predicted octanol–water partition coefficient (Wildman–Crippen LogP) is 1.91. The number of rotatable bonds is 10. The highest BCUT2D eigenvalue weighted by Crippen LogP contribution is 2.19. The summed E-state index contributed by atoms with van der Waals surface area (Å²) >= 11 is 5.94. The number of benzene rings is 1. The second-order valence-electron chi connectivity index (χ2n) is 7.29. The molecule has 4 N–H and O–H groups in total. The van der Waals surface area contributed by atoms with Gasteiger partial charge >= 0.3 is 5.69 Å². The van der Waals surface area contributed by atoms with E-state index >= 15 is 0 Å². The van der Waals surface area contributed by atoms with Gasteiger partial charge in [-0.3, -0.25) is 19.1 Å². The van der Waals surface area contributed by atoms with Gasteiger partial charge in [-0.1, -0.05) is 31.5 Å². The minimum Gasteiger partial charge on any atom is -0.383 e. The lowest BCUT2D eigenvalue weighted by Gasteiger charge is -2.26. The number of carbonyl (C=O) groups is 1. The molecule has 0 radical (unpaired) electrons. The first-order valence-electron chi connectivity index (χ1n) is 9.64. The van der Waals surface area contributed by atoms with Crippen LogP contribution in [0.2, 0.25) is 5.02 Å². The zero-order valence-electron chi connectivity index (χ0n) is 17.4. The number of aromatic amines is 1. The van der Waals surface area contributed by atoms with Gasteiger partial charge in [0.25, 0.3) is 5.56 Å². The minimum absolute atomic E-state index is 0.0730. The quantitative estimate of drug-likeness (QED) is 0.521. The van der Waals surface area contributed by atoms with Crippen LogP contribution < -0.4 is 27.2 Å². The maximum Gasteiger partial charge on any atom is 0.330 e. The molecule has 1 aromatic heterocycles. The van der Waals surface area contributed by atoms with E-state index in [0.29, 0.717) is 30.4 Å². The Bertz CT molecular complexity index is 986. The number of ether oxygens (including phenoxy) is 1. The predicted molar refractivity (Wildman–Crippen MR) is 119 cm³/mol. The van der Waals surface area contributed by atoms with Gasteiger partial charge in [0.1, 0.15) is 11.5 Å². The number of nitrogens with two attached hydrogens (primary N) is 1. The van der Waals surface area contributed by atoms with Crippen molar-refractivity contribution in [2.45, 2.75) is 26.8 Å². The third kappa shape index (κ3) is 6.36. The summed E-state index contributed by atoms with van der Waals surface area (Å²) in [5.74, 6) is -0.0198. The Hall–Kier alpha value is -2.78. The van der Waals surface area contributed by atoms with Crippen LogP contribution in [0.3, 0.4) is 0 Å². The van der Waals surface area contributed by atoms with Gasteiger partial charge in [-0.2, -0.15) is 0 Å². The lowest BCUT2D eigenvalue weighted by Crippen LogP contribution is -2.41. The first kappa shape index (κ1) is 23.5. The van der Waals surface area contributed by atoms with Crippen LogP contribution in [0, 0.1) is 5.92 Å². The van der Waals surface area contributed by atoms with Crippen LogP contribution in [0.15, 0.2) is 33.9 Å². The lowest BCUT2D eigenvalue weighted by atomic mass is 10.2. The van der Waals surface area contributed by atoms with Gasteiger partial charge in [0.2, 0.25) is 5.91 Å². The summed E-state index contributed by atoms with van der Waals surface area (Å²) in [6, 6.07) is 6.83. The molecule has 0 aliphatic heterocycles. The number of halogens is 1. The number of aromatic nitrogens is 2. The maximum absolute atomic E-state index is 12.5. The summed E-state index contributed by atoms with van der Waals surface area (Å²) in [5, 5.41) is 3.28. The fourth-order valence-corrected chi connectivity index (χ4v) is 3.18. The number of hydrogen-bond acceptors (Lipinski definition) is 6. The molecule has 0 unspecified atom stereocenters. The normalized spacial score (nSPS) is 11.0. The number of hydrogen-bond donors (Lipinski definition) is 3. The maximum atomic E-state index is 12.5. The van der Waals surface area contributed by atoms with Gasteiger partial charge in [0, 0.05) is 43.9 Å². The first-order valence-corrected chi connectivity index (χ1v) is 10.0. The van der Waals surface area contributed by atoms with E-state index in [4.69, 9.17) is 22.1 Å². The van der Waals surface area contributed by atoms with Crippen LogP contribution in [0.25, 0.3) is 0 Å². The molecular formula is C20H28ClN5O4. The molecule has 0 aliphatic rings. The van der Waals surface area contributed by atoms with Crippen molar-refractivity contribution in [2.24, 2.45) is 5.92 Å². The van der Waals surface area contributed by atoms with Gasteiger partial charge in [-0.15, -0.1) is 0 Å². The molecule has 0 saturated carbocycles. The van der Waals surface area contributed by atoms with Crippen molar-refractivity contribution in [3.05, 3.63) is 50.1 Å². The highest BCUT2D eigenvalue weighted by Gasteiger charge is 2.20. The number of anilines is 3. The summed E-state index contributed by atoms with van der Waals surface area (Å²) < 4.78 is 6.47. The monoisotopic (exact) mass is 437 g/mol. The van der Waals surface area contributed by atoms with E-state index < -0.39 is 11.2 Å². The Morgan fingerprint density at radius 3 is 2.70 bits per heavy atom. The Balaban J connectivity index is 2.24. The average Bonchev–Trinajstić information content (AvgIpc) is 2.66. The van der Waals surface area contributed by atoms with Gasteiger partial charge in [-0.05, 0) is 24.1 Å². The Morgan fingerprint density at radius 1 is 1.33 bits per heavy atom. The molecule has 2 rings (SSSR count). The summed E-state index contributed by atoms with van der Waals surface area (Å²) in [5.41, 5.74) is 5.79. The van der Waals surface area contributed by atoms with Gasteiger partial charge in [-0.25, -0.2) is 4.79 Å². The molecule has 1 heterocycles. The van der Waals surface area contributed by atoms with Crippen molar-refractivity contribution in [1.82, 2.24) is 9.55 Å². The van der Waals surface area contributed by atoms with E-state index in [-0.39, 0.29) is 36.3 Å². The van der Waals surface area contributed by atoms with Crippen LogP contribution in [0.5, 0.6) is 0 Å². The van der Waals surface area contributed by atoms with Gasteiger partial charge < -0.3 is 20.7 Å². The Morgan fingerprint density at radius 2 is 2.07 bits per heavy atom. The van der Waals surface area contributed by atoms with Crippen molar-refractivity contribution < 1.29 is 9.53 Å². The number of H-pyrrole nitrogens is 1. The zero-order chi connectivity index (χ0) is 22.3. The van der Waals surface area contributed by atoms with Gasteiger partial charge in [0.05, 0.1) is 6.61 Å². The molecule has 1 aromatic carbocycles. The number of nitrogens with zero attached hydrogens (tertiary/aromatic N) is 2. The minimum atomic E-state index is -0.594. The molecule has 30 heavy (non-hydrogen) atoms. The van der Waals surface area contributed by atoms with Crippen LogP contribution in [-0.4, -0.2) is 42.3 Å². The molecule has 0 spiro atoms. The van der Waals surface area contributed by atoms with Crippen molar-refractivity contribution in [1.29, 1.82) is 0 Å². The molecule has 10 heteroatoms. The lowest BCUT2D eigenvalue weighted by molar-refractivity contribution is -0.116. The first-order chi connectivity index (χ1) is 14.2. The Kier molecular flexibility index (Phi) is 8.49. The molecule has 0 fully saturated rings. The molecule has 0 saturated heterocycles. The van der Waals surface area contributed by atoms with E-state index in [0.717, 1.165) is 0 Å². The van der Waals surface area contributed by atoms with Crippen LogP contribution in [0.1, 0.15) is 20.3 Å². The van der Waals surface area contributed by atoms with Crippen molar-refractivity contribution in [3.63, 3.8) is 0 Å². The molecule has 164 valence electrons.